The third-order valence-electron chi connectivity index (χ3n) is 7.82. The predicted octanol–water partition coefficient (Wildman–Crippen LogP) is 3.70. The van der Waals surface area contributed by atoms with Gasteiger partial charge >= 0.3 is 0 Å². The smallest absolute Gasteiger partial charge is 0.222 e. The topological polar surface area (TPSA) is 88.5 Å². The van der Waals surface area contributed by atoms with Crippen LogP contribution in [0, 0.1) is 0 Å². The number of fused-ring (bicyclic) bond motifs is 1. The van der Waals surface area contributed by atoms with E-state index >= 15 is 0 Å². The minimum absolute atomic E-state index is 0.164. The normalized spacial score (nSPS) is 22.9. The van der Waals surface area contributed by atoms with Crippen molar-refractivity contribution >= 4 is 22.7 Å². The van der Waals surface area contributed by atoms with Crippen LogP contribution in [-0.4, -0.2) is 82.9 Å². The molecule has 3 aliphatic rings. The van der Waals surface area contributed by atoms with Gasteiger partial charge in [-0.15, -0.1) is 0 Å². The van der Waals surface area contributed by atoms with Crippen LogP contribution in [0.2, 0.25) is 0 Å². The van der Waals surface area contributed by atoms with Gasteiger partial charge in [0.15, 0.2) is 0 Å². The molecule has 2 aromatic heterocycles. The van der Waals surface area contributed by atoms with E-state index in [4.69, 9.17) is 9.47 Å². The van der Waals surface area contributed by atoms with Crippen LogP contribution in [0.1, 0.15) is 44.1 Å². The molecule has 0 unspecified atom stereocenters. The van der Waals surface area contributed by atoms with Crippen LogP contribution in [-0.2, 0) is 11.2 Å². The Morgan fingerprint density at radius 1 is 0.892 bits per heavy atom. The number of aromatic nitrogens is 4. The number of likely N-dealkylation sites (tertiary alicyclic amines) is 1. The van der Waals surface area contributed by atoms with Crippen molar-refractivity contribution in [3.63, 3.8) is 0 Å². The second-order valence-electron chi connectivity index (χ2n) is 10.4. The summed E-state index contributed by atoms with van der Waals surface area (Å²) in [6.07, 6.45) is 15.3. The summed E-state index contributed by atoms with van der Waals surface area (Å²) < 4.78 is 12.1. The van der Waals surface area contributed by atoms with Crippen molar-refractivity contribution in [2.45, 2.75) is 57.1 Å². The number of ether oxygens (including phenoxy) is 2. The van der Waals surface area contributed by atoms with Gasteiger partial charge in [0.1, 0.15) is 11.3 Å². The molecule has 2 aliphatic heterocycles. The van der Waals surface area contributed by atoms with Crippen molar-refractivity contribution in [1.82, 2.24) is 24.8 Å². The van der Waals surface area contributed by atoms with Gasteiger partial charge in [-0.25, -0.2) is 15.0 Å². The van der Waals surface area contributed by atoms with Crippen LogP contribution in [0.15, 0.2) is 36.9 Å². The summed E-state index contributed by atoms with van der Waals surface area (Å²) in [4.78, 5) is 23.2. The summed E-state index contributed by atoms with van der Waals surface area (Å²) in [6, 6.07) is 4.61. The predicted molar refractivity (Wildman–Crippen MR) is 144 cm³/mol. The van der Waals surface area contributed by atoms with Gasteiger partial charge in [0, 0.05) is 62.2 Å². The molecule has 0 spiro atoms. The Morgan fingerprint density at radius 2 is 1.65 bits per heavy atom. The number of morpholine rings is 1. The van der Waals surface area contributed by atoms with E-state index in [-0.39, 0.29) is 6.10 Å². The van der Waals surface area contributed by atoms with Crippen molar-refractivity contribution in [3.05, 3.63) is 42.5 Å². The molecule has 0 amide bonds. The highest BCUT2D eigenvalue weighted by Crippen LogP contribution is 2.33. The summed E-state index contributed by atoms with van der Waals surface area (Å²) in [6.45, 7) is 6.82. The molecular weight excluding hydrogens is 466 g/mol. The van der Waals surface area contributed by atoms with Gasteiger partial charge in [0.25, 0.3) is 0 Å². The highest BCUT2D eigenvalue weighted by atomic mass is 16.5. The van der Waals surface area contributed by atoms with Crippen LogP contribution in [0.5, 0.6) is 5.75 Å². The molecule has 37 heavy (non-hydrogen) atoms. The summed E-state index contributed by atoms with van der Waals surface area (Å²) in [5, 5.41) is 3.54. The zero-order chi connectivity index (χ0) is 24.9. The molecule has 0 atom stereocenters. The first-order chi connectivity index (χ1) is 18.3. The standard InChI is InChI=1S/C28H37N7O2/c1-2-11-34(10-1)12-7-21-19-31-28(32-20-21)33-22-3-5-24(6-4-22)37-26-18-23(35-13-15-36-16-14-35)17-25-27(26)30-9-8-29-25/h8-9,17-20,22,24H,1-7,10-16H2,(H,31,32,33). The molecule has 4 heterocycles. The Morgan fingerprint density at radius 3 is 2.43 bits per heavy atom. The van der Waals surface area contributed by atoms with E-state index in [0.717, 1.165) is 93.4 Å². The molecule has 3 fully saturated rings. The maximum absolute atomic E-state index is 6.56. The average molecular weight is 504 g/mol. The zero-order valence-electron chi connectivity index (χ0n) is 21.5. The fourth-order valence-electron chi connectivity index (χ4n) is 5.66. The zero-order valence-corrected chi connectivity index (χ0v) is 21.5. The molecule has 9 nitrogen and oxygen atoms in total. The quantitative estimate of drug-likeness (QED) is 0.494. The molecule has 3 aromatic rings. The second-order valence-corrected chi connectivity index (χ2v) is 10.4. The third-order valence-corrected chi connectivity index (χ3v) is 7.82. The number of hydrogen-bond donors (Lipinski definition) is 1. The molecule has 1 aliphatic carbocycles. The van der Waals surface area contributed by atoms with Crippen LogP contribution in [0.4, 0.5) is 11.6 Å². The molecule has 1 N–H and O–H groups in total. The molecule has 2 saturated heterocycles. The maximum atomic E-state index is 6.56. The number of hydrogen-bond acceptors (Lipinski definition) is 9. The molecule has 1 saturated carbocycles. The van der Waals surface area contributed by atoms with Crippen molar-refractivity contribution in [1.29, 1.82) is 0 Å². The minimum Gasteiger partial charge on any atom is -0.488 e. The monoisotopic (exact) mass is 503 g/mol. The summed E-state index contributed by atoms with van der Waals surface area (Å²) in [5.74, 6) is 1.56. The van der Waals surface area contributed by atoms with E-state index in [1.165, 1.54) is 31.5 Å². The van der Waals surface area contributed by atoms with E-state index in [9.17, 15) is 0 Å². The first kappa shape index (κ1) is 24.3. The third kappa shape index (κ3) is 6.10. The van der Waals surface area contributed by atoms with Gasteiger partial charge in [0.05, 0.1) is 24.8 Å². The number of anilines is 2. The molecule has 196 valence electrons. The Hall–Kier alpha value is -3.04. The fraction of sp³-hybridized carbons (Fsp3) is 0.571. The van der Waals surface area contributed by atoms with E-state index < -0.39 is 0 Å². The molecule has 0 bridgehead atoms. The van der Waals surface area contributed by atoms with Gasteiger partial charge in [-0.3, -0.25) is 4.98 Å². The van der Waals surface area contributed by atoms with E-state index in [1.807, 2.05) is 12.4 Å². The van der Waals surface area contributed by atoms with E-state index in [2.05, 4.69) is 47.2 Å². The second kappa shape index (κ2) is 11.6. The van der Waals surface area contributed by atoms with E-state index in [1.54, 1.807) is 12.4 Å². The van der Waals surface area contributed by atoms with Gasteiger partial charge in [-0.05, 0) is 69.7 Å². The Labute approximate surface area is 218 Å². The number of benzene rings is 1. The number of nitrogens with zero attached hydrogens (tertiary/aromatic N) is 6. The SMILES string of the molecule is c1cnc2c(OC3CCC(Nc4ncc(CCN5CCCC5)cn4)CC3)cc(N3CCOCC3)cc2n1. The van der Waals surface area contributed by atoms with Crippen molar-refractivity contribution in [2.24, 2.45) is 0 Å². The fourth-order valence-corrected chi connectivity index (χ4v) is 5.66. The van der Waals surface area contributed by atoms with Crippen molar-refractivity contribution < 1.29 is 9.47 Å². The van der Waals surface area contributed by atoms with Crippen LogP contribution in [0.25, 0.3) is 11.0 Å². The lowest BCUT2D eigenvalue weighted by Gasteiger charge is -2.31. The van der Waals surface area contributed by atoms with Gasteiger partial charge < -0.3 is 24.6 Å². The summed E-state index contributed by atoms with van der Waals surface area (Å²) in [5.41, 5.74) is 4.04. The molecular formula is C28H37N7O2. The lowest BCUT2D eigenvalue weighted by atomic mass is 9.93. The summed E-state index contributed by atoms with van der Waals surface area (Å²) in [7, 11) is 0. The number of nitrogens with one attached hydrogen (secondary N) is 1. The molecule has 1 aromatic carbocycles. The van der Waals surface area contributed by atoms with Crippen LogP contribution in [0.3, 0.4) is 0 Å². The largest absolute Gasteiger partial charge is 0.488 e. The molecule has 6 rings (SSSR count). The van der Waals surface area contributed by atoms with Gasteiger partial charge in [-0.2, -0.15) is 0 Å². The maximum Gasteiger partial charge on any atom is 0.222 e. The lowest BCUT2D eigenvalue weighted by Crippen LogP contribution is -2.36. The van der Waals surface area contributed by atoms with Crippen LogP contribution < -0.4 is 15.0 Å². The average Bonchev–Trinajstić information content (AvgIpc) is 3.48. The van der Waals surface area contributed by atoms with Crippen LogP contribution >= 0.6 is 0 Å². The highest BCUT2D eigenvalue weighted by molar-refractivity contribution is 5.85. The Bertz CT molecular complexity index is 1150. The lowest BCUT2D eigenvalue weighted by molar-refractivity contribution is 0.122. The molecule has 9 heteroatoms. The number of rotatable bonds is 8. The Kier molecular flexibility index (Phi) is 7.60. The highest BCUT2D eigenvalue weighted by Gasteiger charge is 2.25. The van der Waals surface area contributed by atoms with Crippen molar-refractivity contribution in [2.75, 3.05) is 56.2 Å². The van der Waals surface area contributed by atoms with Gasteiger partial charge in [0.2, 0.25) is 5.95 Å². The first-order valence-electron chi connectivity index (χ1n) is 13.8. The van der Waals surface area contributed by atoms with E-state index in [0.29, 0.717) is 6.04 Å². The Balaban J connectivity index is 1.03. The molecule has 0 radical (unpaired) electrons. The summed E-state index contributed by atoms with van der Waals surface area (Å²) >= 11 is 0. The van der Waals surface area contributed by atoms with Gasteiger partial charge in [-0.1, -0.05) is 0 Å². The first-order valence-corrected chi connectivity index (χ1v) is 13.8. The van der Waals surface area contributed by atoms with Crippen molar-refractivity contribution in [3.8, 4) is 5.75 Å². The minimum atomic E-state index is 0.164.